The van der Waals surface area contributed by atoms with Gasteiger partial charge in [-0.05, 0) is 25.8 Å². The van der Waals surface area contributed by atoms with Gasteiger partial charge in [0.2, 0.25) is 16.2 Å². The Morgan fingerprint density at radius 1 is 1.52 bits per heavy atom. The molecular weight excluding hydrogens is 349 g/mol. The van der Waals surface area contributed by atoms with Gasteiger partial charge < -0.3 is 0 Å². The van der Waals surface area contributed by atoms with Gasteiger partial charge in [-0.15, -0.1) is 0 Å². The zero-order valence-corrected chi connectivity index (χ0v) is 14.4. The van der Waals surface area contributed by atoms with Gasteiger partial charge in [0.1, 0.15) is 0 Å². The molecule has 0 aliphatic carbocycles. The third kappa shape index (κ3) is 5.92. The second-order valence-corrected chi connectivity index (χ2v) is 7.21. The van der Waals surface area contributed by atoms with Crippen LogP contribution in [0.3, 0.4) is 0 Å². The Balaban J connectivity index is 1.81. The maximum atomic E-state index is 12.8. The molecule has 1 aromatic rings. The van der Waals surface area contributed by atoms with Crippen molar-refractivity contribution in [3.8, 4) is 0 Å². The molecule has 0 bridgehead atoms. The maximum Gasteiger partial charge on any atom is 0.393 e. The van der Waals surface area contributed by atoms with Crippen LogP contribution < -0.4 is 5.32 Å². The molecule has 0 spiro atoms. The number of rotatable bonds is 6. The summed E-state index contributed by atoms with van der Waals surface area (Å²) in [6.07, 6.45) is -2.61. The minimum Gasteiger partial charge on any atom is -0.300 e. The van der Waals surface area contributed by atoms with Crippen molar-refractivity contribution in [2.24, 2.45) is 5.92 Å². The van der Waals surface area contributed by atoms with Crippen LogP contribution in [0.4, 0.5) is 18.3 Å². The predicted molar refractivity (Wildman–Crippen MR) is 84.8 cm³/mol. The van der Waals surface area contributed by atoms with Crippen molar-refractivity contribution in [2.45, 2.75) is 37.5 Å². The van der Waals surface area contributed by atoms with Crippen LogP contribution in [0.25, 0.3) is 0 Å². The molecule has 1 saturated heterocycles. The van der Waals surface area contributed by atoms with Crippen molar-refractivity contribution < 1.29 is 18.0 Å². The van der Waals surface area contributed by atoms with Crippen LogP contribution in [0.2, 0.25) is 0 Å². The van der Waals surface area contributed by atoms with Crippen molar-refractivity contribution in [2.75, 3.05) is 30.7 Å². The number of carbonyl (C=O) groups is 1. The van der Waals surface area contributed by atoms with E-state index >= 15 is 0 Å². The first-order valence-electron chi connectivity index (χ1n) is 7.44. The Morgan fingerprint density at radius 2 is 2.30 bits per heavy atom. The number of thioether (sulfide) groups is 1. The van der Waals surface area contributed by atoms with E-state index in [-0.39, 0.29) is 25.4 Å². The van der Waals surface area contributed by atoms with Gasteiger partial charge in [-0.2, -0.15) is 22.5 Å². The van der Waals surface area contributed by atoms with E-state index in [1.807, 2.05) is 0 Å². The molecular formula is C13H19F3N4OS2. The number of nitrogens with one attached hydrogen (secondary N) is 1. The highest BCUT2D eigenvalue weighted by Crippen LogP contribution is 2.33. The quantitative estimate of drug-likeness (QED) is 0.781. The maximum absolute atomic E-state index is 12.8. The number of hydrogen-bond donors (Lipinski definition) is 1. The summed E-state index contributed by atoms with van der Waals surface area (Å²) in [5.74, 6) is -0.796. The molecule has 1 aromatic heterocycles. The largest absolute Gasteiger partial charge is 0.393 e. The molecule has 130 valence electrons. The molecule has 1 atom stereocenters. The van der Waals surface area contributed by atoms with Gasteiger partial charge >= 0.3 is 6.18 Å². The van der Waals surface area contributed by atoms with E-state index in [1.54, 1.807) is 4.90 Å². The lowest BCUT2D eigenvalue weighted by molar-refractivity contribution is -0.186. The van der Waals surface area contributed by atoms with E-state index in [1.165, 1.54) is 11.8 Å². The summed E-state index contributed by atoms with van der Waals surface area (Å²) in [5, 5.41) is 3.61. The van der Waals surface area contributed by atoms with Gasteiger partial charge in [0.15, 0.2) is 0 Å². The van der Waals surface area contributed by atoms with Crippen molar-refractivity contribution in [3.63, 3.8) is 0 Å². The first-order valence-corrected chi connectivity index (χ1v) is 9.19. The standard InChI is InChI=1S/C13H19F3N4OS2/c1-2-6-22-12-18-11(23-19-12)17-10(21)8-20-5-3-4-9(7-20)13(14,15)16/h9H,2-8H2,1H3,(H,17,18,19,21). The van der Waals surface area contributed by atoms with Gasteiger partial charge in [0.25, 0.3) is 0 Å². The average molecular weight is 368 g/mol. The van der Waals surface area contributed by atoms with Gasteiger partial charge in [-0.1, -0.05) is 18.7 Å². The number of likely N-dealkylation sites (tertiary alicyclic amines) is 1. The molecule has 2 heterocycles. The van der Waals surface area contributed by atoms with Crippen molar-refractivity contribution in [1.29, 1.82) is 0 Å². The second-order valence-electron chi connectivity index (χ2n) is 5.39. The fraction of sp³-hybridized carbons (Fsp3) is 0.769. The van der Waals surface area contributed by atoms with Crippen LogP contribution in [-0.4, -0.2) is 51.7 Å². The smallest absolute Gasteiger partial charge is 0.300 e. The summed E-state index contributed by atoms with van der Waals surface area (Å²) in [5.41, 5.74) is 0. The first kappa shape index (κ1) is 18.5. The molecule has 1 unspecified atom stereocenters. The Kier molecular flexibility index (Phi) is 6.66. The fourth-order valence-corrected chi connectivity index (χ4v) is 3.76. The summed E-state index contributed by atoms with van der Waals surface area (Å²) < 4.78 is 42.4. The number of hydrogen-bond acceptors (Lipinski definition) is 6. The third-order valence-corrected chi connectivity index (χ3v) is 5.22. The van der Waals surface area contributed by atoms with E-state index in [2.05, 4.69) is 21.6 Å². The highest BCUT2D eigenvalue weighted by atomic mass is 32.2. The molecule has 1 amide bonds. The minimum atomic E-state index is -4.19. The molecule has 1 N–H and O–H groups in total. The van der Waals surface area contributed by atoms with Crippen LogP contribution in [0.5, 0.6) is 0 Å². The fourth-order valence-electron chi connectivity index (χ4n) is 2.34. The first-order chi connectivity index (χ1) is 10.9. The van der Waals surface area contributed by atoms with Gasteiger partial charge in [0.05, 0.1) is 12.5 Å². The number of carbonyl (C=O) groups excluding carboxylic acids is 1. The normalized spacial score (nSPS) is 19.7. The number of anilines is 1. The van der Waals surface area contributed by atoms with Crippen LogP contribution in [0, 0.1) is 5.92 Å². The van der Waals surface area contributed by atoms with E-state index in [0.717, 1.165) is 23.7 Å². The lowest BCUT2D eigenvalue weighted by atomic mass is 9.97. The van der Waals surface area contributed by atoms with Gasteiger partial charge in [-0.3, -0.25) is 15.0 Å². The monoisotopic (exact) mass is 368 g/mol. The number of piperidine rings is 1. The summed E-state index contributed by atoms with van der Waals surface area (Å²) in [7, 11) is 0. The highest BCUT2D eigenvalue weighted by Gasteiger charge is 2.41. The lowest BCUT2D eigenvalue weighted by Crippen LogP contribution is -2.44. The molecule has 2 rings (SSSR count). The number of amides is 1. The highest BCUT2D eigenvalue weighted by molar-refractivity contribution is 7.99. The van der Waals surface area contributed by atoms with E-state index < -0.39 is 12.1 Å². The molecule has 0 radical (unpaired) electrons. The zero-order chi connectivity index (χ0) is 16.9. The summed E-state index contributed by atoms with van der Waals surface area (Å²) in [6, 6.07) is 0. The Bertz CT molecular complexity index is 524. The average Bonchev–Trinajstić information content (AvgIpc) is 2.91. The number of aromatic nitrogens is 2. The number of nitrogens with zero attached hydrogens (tertiary/aromatic N) is 3. The van der Waals surface area contributed by atoms with Crippen molar-refractivity contribution in [1.82, 2.24) is 14.3 Å². The van der Waals surface area contributed by atoms with Crippen LogP contribution in [0.1, 0.15) is 26.2 Å². The summed E-state index contributed by atoms with van der Waals surface area (Å²) >= 11 is 2.59. The summed E-state index contributed by atoms with van der Waals surface area (Å²) in [6.45, 7) is 2.39. The van der Waals surface area contributed by atoms with Crippen LogP contribution in [0.15, 0.2) is 5.16 Å². The third-order valence-electron chi connectivity index (χ3n) is 3.42. The molecule has 23 heavy (non-hydrogen) atoms. The van der Waals surface area contributed by atoms with E-state index in [4.69, 9.17) is 0 Å². The van der Waals surface area contributed by atoms with E-state index in [0.29, 0.717) is 23.3 Å². The Hall–Kier alpha value is -0.870. The van der Waals surface area contributed by atoms with Crippen molar-refractivity contribution in [3.05, 3.63) is 0 Å². The van der Waals surface area contributed by atoms with Gasteiger partial charge in [-0.25, -0.2) is 0 Å². The Labute approximate surface area is 141 Å². The van der Waals surface area contributed by atoms with Crippen LogP contribution >= 0.6 is 23.3 Å². The molecule has 1 aliphatic rings. The molecule has 0 aromatic carbocycles. The number of alkyl halides is 3. The van der Waals surface area contributed by atoms with Crippen LogP contribution in [-0.2, 0) is 4.79 Å². The molecule has 10 heteroatoms. The van der Waals surface area contributed by atoms with Gasteiger partial charge in [0, 0.05) is 23.8 Å². The lowest BCUT2D eigenvalue weighted by Gasteiger charge is -2.33. The van der Waals surface area contributed by atoms with E-state index in [9.17, 15) is 18.0 Å². The molecule has 5 nitrogen and oxygen atoms in total. The molecule has 0 saturated carbocycles. The SMILES string of the molecule is CCCSc1nsc(NC(=O)CN2CCCC(C(F)(F)F)C2)n1. The zero-order valence-electron chi connectivity index (χ0n) is 12.7. The second kappa shape index (κ2) is 8.29. The number of halogens is 3. The topological polar surface area (TPSA) is 58.1 Å². The Morgan fingerprint density at radius 3 is 3.00 bits per heavy atom. The minimum absolute atomic E-state index is 0.0520. The molecule has 1 aliphatic heterocycles. The summed E-state index contributed by atoms with van der Waals surface area (Å²) in [4.78, 5) is 17.7. The van der Waals surface area contributed by atoms with Crippen molar-refractivity contribution >= 4 is 34.3 Å². The molecule has 1 fully saturated rings. The predicted octanol–water partition coefficient (Wildman–Crippen LogP) is 3.25.